The molecule has 0 spiro atoms. The van der Waals surface area contributed by atoms with Crippen LogP contribution >= 0.6 is 58.6 Å². The molecule has 0 fully saturated rings. The van der Waals surface area contributed by atoms with Crippen LogP contribution in [0, 0.1) is 0 Å². The van der Waals surface area contributed by atoms with Gasteiger partial charge in [-0.2, -0.15) is 0 Å². The van der Waals surface area contributed by atoms with Crippen molar-refractivity contribution in [2.75, 3.05) is 13.2 Å². The van der Waals surface area contributed by atoms with Crippen LogP contribution in [-0.2, 0) is 9.53 Å². The Morgan fingerprint density at radius 1 is 1.38 bits per heavy atom. The average Bonchev–Trinajstić information content (AvgIpc) is 2.46. The molecule has 7 unspecified atom stereocenters. The molecule has 7 atom stereocenters. The third-order valence-corrected chi connectivity index (χ3v) is 22.1. The molecule has 0 aliphatic heterocycles. The first-order valence-electron chi connectivity index (χ1n) is 6.19. The summed E-state index contributed by atoms with van der Waals surface area (Å²) in [5.74, 6) is -0.151. The third kappa shape index (κ3) is 11.0. The normalized spacial score (nSPS) is 14.2. The molecule has 21 heavy (non-hydrogen) atoms. The second-order valence-corrected chi connectivity index (χ2v) is 22.0. The fourth-order valence-electron chi connectivity index (χ4n) is 1.21. The van der Waals surface area contributed by atoms with E-state index in [4.69, 9.17) is 4.74 Å². The first kappa shape index (κ1) is 22.7. The van der Waals surface area contributed by atoms with Crippen molar-refractivity contribution < 1.29 is 14.3 Å². The number of hydrogen-bond acceptors (Lipinski definition) is 4. The van der Waals surface area contributed by atoms with Crippen molar-refractivity contribution in [3.8, 4) is 0 Å². The van der Waals surface area contributed by atoms with Gasteiger partial charge >= 0.3 is 6.09 Å². The second-order valence-electron chi connectivity index (χ2n) is 3.87. The smallest absolute Gasteiger partial charge is 0.407 e. The summed E-state index contributed by atoms with van der Waals surface area (Å²) in [7, 11) is 10.6. The van der Waals surface area contributed by atoms with Gasteiger partial charge in [-0.05, 0) is 19.8 Å². The highest BCUT2D eigenvalue weighted by atomic mass is 32.9. The van der Waals surface area contributed by atoms with E-state index in [1.54, 1.807) is 0 Å². The summed E-state index contributed by atoms with van der Waals surface area (Å²) in [5.41, 5.74) is 0. The van der Waals surface area contributed by atoms with E-state index in [0.29, 0.717) is 27.5 Å². The average molecular weight is 427 g/mol. The van der Waals surface area contributed by atoms with Gasteiger partial charge in [-0.25, -0.2) is 4.79 Å². The lowest BCUT2D eigenvalue weighted by molar-refractivity contribution is -0.121. The Bertz CT molecular complexity index is 323. The number of ether oxygens (including phenoxy) is 1. The lowest BCUT2D eigenvalue weighted by Gasteiger charge is -2.24. The van der Waals surface area contributed by atoms with Crippen molar-refractivity contribution in [1.82, 2.24) is 15.5 Å². The Hall–Kier alpha value is 1.71. The Morgan fingerprint density at radius 2 is 2.05 bits per heavy atom. The minimum atomic E-state index is -0.585. The molecule has 0 rings (SSSR count). The molecule has 0 aromatic carbocycles. The van der Waals surface area contributed by atoms with Crippen LogP contribution < -0.4 is 15.5 Å². The van der Waals surface area contributed by atoms with Gasteiger partial charge in [-0.1, -0.05) is 24.3 Å². The van der Waals surface area contributed by atoms with Gasteiger partial charge in [-0.15, -0.1) is 26.8 Å². The Kier molecular flexibility index (Phi) is 15.2. The van der Waals surface area contributed by atoms with Crippen LogP contribution in [0.1, 0.15) is 19.8 Å². The van der Waals surface area contributed by atoms with Crippen LogP contribution in [-0.4, -0.2) is 31.2 Å². The van der Waals surface area contributed by atoms with Gasteiger partial charge in [0.2, 0.25) is 5.91 Å². The molecule has 2 amide bonds. The number of rotatable bonds is 10. The lowest BCUT2D eigenvalue weighted by atomic mass is 10.2. The zero-order valence-electron chi connectivity index (χ0n) is 11.8. The van der Waals surface area contributed by atoms with Crippen molar-refractivity contribution in [3.63, 3.8) is 0 Å². The van der Waals surface area contributed by atoms with Gasteiger partial charge in [0.1, 0.15) is 6.04 Å². The second kappa shape index (κ2) is 14.1. The Balaban J connectivity index is 4.56. The topological polar surface area (TPSA) is 79.5 Å². The zero-order chi connectivity index (χ0) is 16.3. The van der Waals surface area contributed by atoms with Gasteiger partial charge in [0.25, 0.3) is 0 Å². The van der Waals surface area contributed by atoms with Crippen LogP contribution in [0.25, 0.3) is 0 Å². The predicted octanol–water partition coefficient (Wildman–Crippen LogP) is 3.13. The maximum atomic E-state index is 12.3. The highest BCUT2D eigenvalue weighted by molar-refractivity contribution is 8.87. The maximum absolute atomic E-state index is 12.3. The standard InChI is InChI=1S/C8H24N3O3P7/c1-2-5-14-8(13)10-6(3-4-9-15)7(12)11-20(19-16)21(17)18/h6,9,19H,2-5,15-18H2,1H3,(H,10,13)(H,11,12). The van der Waals surface area contributed by atoms with Gasteiger partial charge in [0.15, 0.2) is 0 Å². The summed E-state index contributed by atoms with van der Waals surface area (Å²) in [5, 5.41) is 8.57. The molecular weight excluding hydrogens is 403 g/mol. The minimum Gasteiger partial charge on any atom is -0.450 e. The van der Waals surface area contributed by atoms with Crippen molar-refractivity contribution in [3.05, 3.63) is 0 Å². The van der Waals surface area contributed by atoms with Gasteiger partial charge in [-0.3, -0.25) is 4.79 Å². The molecule has 6 nitrogen and oxygen atoms in total. The van der Waals surface area contributed by atoms with Crippen LogP contribution in [0.3, 0.4) is 0 Å². The van der Waals surface area contributed by atoms with Crippen molar-refractivity contribution in [2.45, 2.75) is 25.8 Å². The summed E-state index contributed by atoms with van der Waals surface area (Å²) in [4.78, 5) is 23.9. The van der Waals surface area contributed by atoms with E-state index >= 15 is 0 Å². The number of carbonyl (C=O) groups is 2. The van der Waals surface area contributed by atoms with Crippen molar-refractivity contribution in [2.24, 2.45) is 0 Å². The maximum Gasteiger partial charge on any atom is 0.407 e. The molecule has 13 heteroatoms. The third-order valence-electron chi connectivity index (χ3n) is 2.19. The number of alkyl carbamates (subject to hydrolysis) is 1. The first-order valence-corrected chi connectivity index (χ1v) is 17.0. The molecule has 0 heterocycles. The Labute approximate surface area is 139 Å². The Morgan fingerprint density at radius 3 is 2.52 bits per heavy atom. The molecule has 3 N–H and O–H groups in total. The highest BCUT2D eigenvalue weighted by Gasteiger charge is 2.24. The monoisotopic (exact) mass is 427 g/mol. The fraction of sp³-hybridized carbons (Fsp3) is 0.750. The quantitative estimate of drug-likeness (QED) is 0.469. The molecule has 0 radical (unpaired) electrons. The summed E-state index contributed by atoms with van der Waals surface area (Å²) in [6.07, 6.45) is 0.713. The van der Waals surface area contributed by atoms with Gasteiger partial charge in [0.05, 0.1) is 6.61 Å². The number of carbonyl (C=O) groups excluding carboxylic acids is 2. The first-order chi connectivity index (χ1) is 9.96. The highest BCUT2D eigenvalue weighted by Crippen LogP contribution is 2.86. The molecule has 0 aliphatic rings. The van der Waals surface area contributed by atoms with E-state index in [2.05, 4.69) is 51.7 Å². The van der Waals surface area contributed by atoms with E-state index in [-0.39, 0.29) is 12.9 Å². The fourth-order valence-corrected chi connectivity index (χ4v) is 20.8. The van der Waals surface area contributed by atoms with Crippen molar-refractivity contribution in [1.29, 1.82) is 0 Å². The number of nitrogens with one attached hydrogen (secondary N) is 3. The largest absolute Gasteiger partial charge is 0.450 e. The van der Waals surface area contributed by atoms with Crippen LogP contribution in [0.15, 0.2) is 0 Å². The molecule has 0 aromatic heterocycles. The van der Waals surface area contributed by atoms with E-state index in [1.165, 1.54) is 0 Å². The van der Waals surface area contributed by atoms with E-state index in [1.807, 2.05) is 6.92 Å². The molecule has 0 aromatic rings. The molecule has 0 saturated carbocycles. The molecule has 124 valence electrons. The number of hydrogen-bond donors (Lipinski definition) is 3. The molecule has 0 aliphatic carbocycles. The lowest BCUT2D eigenvalue weighted by Crippen LogP contribution is -2.46. The van der Waals surface area contributed by atoms with Crippen LogP contribution in [0.4, 0.5) is 4.79 Å². The van der Waals surface area contributed by atoms with Crippen LogP contribution in [0.5, 0.6) is 0 Å². The summed E-state index contributed by atoms with van der Waals surface area (Å²) in [6.45, 7) is 2.51. The van der Waals surface area contributed by atoms with Gasteiger partial charge in [0, 0.05) is 14.0 Å². The summed E-state index contributed by atoms with van der Waals surface area (Å²) in [6, 6.07) is -0.585. The van der Waals surface area contributed by atoms with Gasteiger partial charge < -0.3 is 20.2 Å². The van der Waals surface area contributed by atoms with Crippen LogP contribution in [0.2, 0.25) is 0 Å². The number of amides is 2. The minimum absolute atomic E-state index is 0.151. The molecular formula is C8H24N3O3P7. The van der Waals surface area contributed by atoms with E-state index in [9.17, 15) is 9.59 Å². The molecule has 0 saturated heterocycles. The van der Waals surface area contributed by atoms with Crippen molar-refractivity contribution >= 4 is 70.6 Å². The summed E-state index contributed by atoms with van der Waals surface area (Å²) >= 11 is 0. The van der Waals surface area contributed by atoms with E-state index < -0.39 is 19.6 Å². The summed E-state index contributed by atoms with van der Waals surface area (Å²) < 4.78 is 4.97. The van der Waals surface area contributed by atoms with E-state index in [0.717, 1.165) is 6.42 Å². The predicted molar refractivity (Wildman–Crippen MR) is 110 cm³/mol. The zero-order valence-corrected chi connectivity index (χ0v) is 19.2. The molecule has 0 bridgehead atoms. The SMILES string of the molecule is CCCOC(=O)NC(CCNP)C(=O)NP(PP)P(P)P.